The van der Waals surface area contributed by atoms with Crippen LogP contribution >= 0.6 is 0 Å². The maximum Gasteiger partial charge on any atom is 0.496 e. The van der Waals surface area contributed by atoms with Crippen LogP contribution in [-0.2, 0) is 15.7 Å². The molecule has 27 heavy (non-hydrogen) atoms. The van der Waals surface area contributed by atoms with Crippen LogP contribution in [0.2, 0.25) is 0 Å². The van der Waals surface area contributed by atoms with Crippen molar-refractivity contribution in [2.75, 3.05) is 0 Å². The second-order valence-corrected chi connectivity index (χ2v) is 8.76. The maximum absolute atomic E-state index is 6.47. The number of hydrogen-bond acceptors (Lipinski definition) is 2. The van der Waals surface area contributed by atoms with Gasteiger partial charge in [0.15, 0.2) is 0 Å². The van der Waals surface area contributed by atoms with Gasteiger partial charge in [0.25, 0.3) is 0 Å². The van der Waals surface area contributed by atoms with E-state index in [9.17, 15) is 0 Å². The van der Waals surface area contributed by atoms with Gasteiger partial charge in [0.2, 0.25) is 0 Å². The molecule has 0 aromatic heterocycles. The molecule has 0 saturated carbocycles. The van der Waals surface area contributed by atoms with Crippen molar-refractivity contribution >= 4 is 34.1 Å². The molecule has 1 fully saturated rings. The van der Waals surface area contributed by atoms with Gasteiger partial charge in [-0.2, -0.15) is 0 Å². The molecule has 3 aromatic carbocycles. The largest absolute Gasteiger partial charge is 0.496 e. The van der Waals surface area contributed by atoms with Crippen molar-refractivity contribution < 1.29 is 9.31 Å². The molecule has 1 saturated heterocycles. The number of aryl methyl sites for hydroxylation is 1. The summed E-state index contributed by atoms with van der Waals surface area (Å²) in [6, 6.07) is 17.7. The maximum atomic E-state index is 6.47. The molecular weight excluding hydrogens is 331 g/mol. The van der Waals surface area contributed by atoms with Gasteiger partial charge >= 0.3 is 7.12 Å². The third-order valence-corrected chi connectivity index (χ3v) is 6.28. The summed E-state index contributed by atoms with van der Waals surface area (Å²) in [6.45, 7) is 10.7. The van der Waals surface area contributed by atoms with E-state index in [2.05, 4.69) is 83.1 Å². The first kappa shape index (κ1) is 18.5. The molecule has 0 radical (unpaired) electrons. The molecule has 0 N–H and O–H groups in total. The number of hydrogen-bond donors (Lipinski definition) is 0. The molecule has 0 amide bonds. The number of benzene rings is 3. The molecule has 4 rings (SSSR count). The van der Waals surface area contributed by atoms with E-state index in [1.165, 1.54) is 45.4 Å². The molecular formula is C24H29BO2. The van der Waals surface area contributed by atoms with Crippen LogP contribution in [0.4, 0.5) is 0 Å². The molecule has 1 aliphatic rings. The molecule has 1 aliphatic heterocycles. The summed E-state index contributed by atoms with van der Waals surface area (Å²) in [5, 5.41) is 4.95. The Morgan fingerprint density at radius 1 is 0.815 bits per heavy atom. The Kier molecular flexibility index (Phi) is 4.56. The van der Waals surface area contributed by atoms with Gasteiger partial charge in [0, 0.05) is 0 Å². The van der Waals surface area contributed by atoms with Crippen LogP contribution in [0.25, 0.3) is 21.5 Å². The highest BCUT2D eigenvalue weighted by Gasteiger charge is 2.52. The Morgan fingerprint density at radius 3 is 2.19 bits per heavy atom. The summed E-state index contributed by atoms with van der Waals surface area (Å²) in [7, 11) is -0.356. The van der Waals surface area contributed by atoms with Crippen LogP contribution in [0.15, 0.2) is 48.5 Å². The Labute approximate surface area is 163 Å². The third kappa shape index (κ3) is 3.17. The summed E-state index contributed by atoms with van der Waals surface area (Å²) < 4.78 is 12.9. The quantitative estimate of drug-likeness (QED) is 0.443. The standard InChI is InChI=1S/C24H29BO2/c1-6-7-10-17-13-14-19-16-18-11-8-9-12-20(18)22(21(19)15-17)25-26-23(2,3)24(4,5)27-25/h8-9,11-16H,6-7,10H2,1-5H3. The molecule has 140 valence electrons. The second-order valence-electron chi connectivity index (χ2n) is 8.76. The van der Waals surface area contributed by atoms with Crippen molar-refractivity contribution in [1.29, 1.82) is 0 Å². The lowest BCUT2D eigenvalue weighted by atomic mass is 9.73. The Hall–Kier alpha value is -1.84. The summed E-state index contributed by atoms with van der Waals surface area (Å²) in [6.07, 6.45) is 3.53. The van der Waals surface area contributed by atoms with Crippen LogP contribution in [0, 0.1) is 0 Å². The van der Waals surface area contributed by atoms with Gasteiger partial charge < -0.3 is 9.31 Å². The zero-order chi connectivity index (χ0) is 19.2. The van der Waals surface area contributed by atoms with Gasteiger partial charge in [-0.3, -0.25) is 0 Å². The van der Waals surface area contributed by atoms with E-state index in [-0.39, 0.29) is 18.3 Å². The van der Waals surface area contributed by atoms with Gasteiger partial charge in [-0.25, -0.2) is 0 Å². The molecule has 3 aromatic rings. The smallest absolute Gasteiger partial charge is 0.399 e. The molecule has 0 bridgehead atoms. The fourth-order valence-electron chi connectivity index (χ4n) is 3.89. The average Bonchev–Trinajstić information content (AvgIpc) is 2.84. The van der Waals surface area contributed by atoms with Crippen molar-refractivity contribution in [3.05, 3.63) is 54.1 Å². The third-order valence-electron chi connectivity index (χ3n) is 6.28. The average molecular weight is 360 g/mol. The molecule has 0 aliphatic carbocycles. The Bertz CT molecular complexity index is 974. The topological polar surface area (TPSA) is 18.5 Å². The highest BCUT2D eigenvalue weighted by Crippen LogP contribution is 2.38. The van der Waals surface area contributed by atoms with E-state index >= 15 is 0 Å². The fourth-order valence-corrected chi connectivity index (χ4v) is 3.89. The highest BCUT2D eigenvalue weighted by molar-refractivity contribution is 6.68. The number of rotatable bonds is 4. The van der Waals surface area contributed by atoms with E-state index in [0.717, 1.165) is 6.42 Å². The lowest BCUT2D eigenvalue weighted by Gasteiger charge is -2.32. The van der Waals surface area contributed by atoms with Gasteiger partial charge in [-0.15, -0.1) is 0 Å². The molecule has 0 spiro atoms. The Morgan fingerprint density at radius 2 is 1.48 bits per heavy atom. The van der Waals surface area contributed by atoms with E-state index in [1.807, 2.05) is 0 Å². The van der Waals surface area contributed by atoms with E-state index in [0.29, 0.717) is 0 Å². The first-order chi connectivity index (χ1) is 12.8. The zero-order valence-electron chi connectivity index (χ0n) is 17.1. The van der Waals surface area contributed by atoms with Crippen LogP contribution < -0.4 is 5.46 Å². The van der Waals surface area contributed by atoms with Crippen molar-refractivity contribution in [2.45, 2.75) is 65.1 Å². The first-order valence-electron chi connectivity index (χ1n) is 10.1. The first-order valence-corrected chi connectivity index (χ1v) is 10.1. The predicted octanol–water partition coefficient (Wildman–Crippen LogP) is 5.63. The minimum Gasteiger partial charge on any atom is -0.399 e. The second kappa shape index (κ2) is 6.65. The minimum atomic E-state index is -0.356. The number of unbranched alkanes of at least 4 members (excludes halogenated alkanes) is 1. The minimum absolute atomic E-state index is 0.346. The summed E-state index contributed by atoms with van der Waals surface area (Å²) >= 11 is 0. The fraction of sp³-hybridized carbons (Fsp3) is 0.417. The van der Waals surface area contributed by atoms with Crippen LogP contribution in [0.3, 0.4) is 0 Å². The van der Waals surface area contributed by atoms with Crippen LogP contribution in [0.1, 0.15) is 53.0 Å². The van der Waals surface area contributed by atoms with Crippen molar-refractivity contribution in [2.24, 2.45) is 0 Å². The van der Waals surface area contributed by atoms with E-state index in [4.69, 9.17) is 9.31 Å². The van der Waals surface area contributed by atoms with Gasteiger partial charge in [-0.05, 0) is 79.2 Å². The van der Waals surface area contributed by atoms with Gasteiger partial charge in [0.05, 0.1) is 11.2 Å². The Balaban J connectivity index is 1.94. The lowest BCUT2D eigenvalue weighted by molar-refractivity contribution is 0.00578. The number of fused-ring (bicyclic) bond motifs is 2. The summed E-state index contributed by atoms with van der Waals surface area (Å²) in [4.78, 5) is 0. The van der Waals surface area contributed by atoms with Crippen LogP contribution in [-0.4, -0.2) is 18.3 Å². The molecule has 0 unspecified atom stereocenters. The van der Waals surface area contributed by atoms with Gasteiger partial charge in [0.1, 0.15) is 0 Å². The van der Waals surface area contributed by atoms with Crippen molar-refractivity contribution in [1.82, 2.24) is 0 Å². The zero-order valence-corrected chi connectivity index (χ0v) is 17.1. The molecule has 3 heteroatoms. The van der Waals surface area contributed by atoms with Crippen molar-refractivity contribution in [3.63, 3.8) is 0 Å². The predicted molar refractivity (Wildman–Crippen MR) is 116 cm³/mol. The van der Waals surface area contributed by atoms with E-state index < -0.39 is 0 Å². The van der Waals surface area contributed by atoms with Crippen LogP contribution in [0.5, 0.6) is 0 Å². The summed E-state index contributed by atoms with van der Waals surface area (Å²) in [5.74, 6) is 0. The molecule has 0 atom stereocenters. The van der Waals surface area contributed by atoms with E-state index in [1.54, 1.807) is 0 Å². The normalized spacial score (nSPS) is 18.5. The lowest BCUT2D eigenvalue weighted by Crippen LogP contribution is -2.41. The monoisotopic (exact) mass is 360 g/mol. The SMILES string of the molecule is CCCCc1ccc2cc3ccccc3c(B3OC(C)(C)C(C)(C)O3)c2c1. The summed E-state index contributed by atoms with van der Waals surface area (Å²) in [5.41, 5.74) is 1.86. The van der Waals surface area contributed by atoms with Gasteiger partial charge in [-0.1, -0.05) is 55.8 Å². The van der Waals surface area contributed by atoms with Crippen molar-refractivity contribution in [3.8, 4) is 0 Å². The molecule has 2 nitrogen and oxygen atoms in total. The molecule has 1 heterocycles. The highest BCUT2D eigenvalue weighted by atomic mass is 16.7.